The molecule has 0 bridgehead atoms. The van der Waals surface area contributed by atoms with E-state index in [2.05, 4.69) is 15.7 Å². The van der Waals surface area contributed by atoms with E-state index >= 15 is 0 Å². The highest BCUT2D eigenvalue weighted by Gasteiger charge is 2.04. The molecule has 5 nitrogen and oxygen atoms in total. The van der Waals surface area contributed by atoms with E-state index in [9.17, 15) is 4.79 Å². The van der Waals surface area contributed by atoms with Crippen LogP contribution in [0, 0.1) is 0 Å². The molecule has 0 aliphatic rings. The van der Waals surface area contributed by atoms with Gasteiger partial charge in [0.15, 0.2) is 0 Å². The average molecular weight is 194 g/mol. The fraction of sp³-hybridized carbons (Fsp3) is 0.333. The molecule has 1 heterocycles. The molecule has 14 heavy (non-hydrogen) atoms. The van der Waals surface area contributed by atoms with Crippen molar-refractivity contribution in [2.45, 2.75) is 13.3 Å². The molecule has 0 fully saturated rings. The van der Waals surface area contributed by atoms with Crippen LogP contribution < -0.4 is 16.6 Å². The third-order valence-corrected chi connectivity index (χ3v) is 1.71. The van der Waals surface area contributed by atoms with Crippen LogP contribution in [0.25, 0.3) is 0 Å². The van der Waals surface area contributed by atoms with Gasteiger partial charge in [0.1, 0.15) is 5.82 Å². The van der Waals surface area contributed by atoms with Crippen LogP contribution in [0.3, 0.4) is 0 Å². The SMILES string of the molecule is CCCNC(=O)c1ccnc(NN)c1. The molecule has 0 aromatic carbocycles. The largest absolute Gasteiger partial charge is 0.352 e. The molecule has 0 aliphatic heterocycles. The van der Waals surface area contributed by atoms with Crippen molar-refractivity contribution in [2.24, 2.45) is 5.84 Å². The second-order valence-electron chi connectivity index (χ2n) is 2.83. The smallest absolute Gasteiger partial charge is 0.251 e. The van der Waals surface area contributed by atoms with Crippen LogP contribution in [0.15, 0.2) is 18.3 Å². The van der Waals surface area contributed by atoms with E-state index in [0.717, 1.165) is 6.42 Å². The van der Waals surface area contributed by atoms with Gasteiger partial charge in [0.2, 0.25) is 0 Å². The van der Waals surface area contributed by atoms with E-state index in [0.29, 0.717) is 17.9 Å². The summed E-state index contributed by atoms with van der Waals surface area (Å²) in [5.41, 5.74) is 2.94. The van der Waals surface area contributed by atoms with Gasteiger partial charge in [-0.15, -0.1) is 0 Å². The average Bonchev–Trinajstić information content (AvgIpc) is 2.26. The predicted molar refractivity (Wildman–Crippen MR) is 54.7 cm³/mol. The summed E-state index contributed by atoms with van der Waals surface area (Å²) in [6.07, 6.45) is 2.45. The molecule has 1 rings (SSSR count). The number of nitrogen functional groups attached to an aromatic ring is 1. The van der Waals surface area contributed by atoms with Crippen molar-refractivity contribution in [3.05, 3.63) is 23.9 Å². The zero-order valence-corrected chi connectivity index (χ0v) is 8.08. The van der Waals surface area contributed by atoms with Gasteiger partial charge in [-0.2, -0.15) is 0 Å². The molecule has 76 valence electrons. The van der Waals surface area contributed by atoms with Gasteiger partial charge in [0.05, 0.1) is 0 Å². The normalized spacial score (nSPS) is 9.57. The first-order valence-corrected chi connectivity index (χ1v) is 4.48. The van der Waals surface area contributed by atoms with E-state index in [1.54, 1.807) is 12.1 Å². The van der Waals surface area contributed by atoms with Crippen LogP contribution in [-0.4, -0.2) is 17.4 Å². The molecule has 0 saturated heterocycles. The molecular formula is C9H14N4O. The van der Waals surface area contributed by atoms with Gasteiger partial charge >= 0.3 is 0 Å². The number of carbonyl (C=O) groups excluding carboxylic acids is 1. The quantitative estimate of drug-likeness (QED) is 0.482. The Balaban J connectivity index is 2.69. The Bertz CT molecular complexity index is 313. The number of hydrogen-bond acceptors (Lipinski definition) is 4. The molecule has 5 heteroatoms. The number of nitrogens with zero attached hydrogens (tertiary/aromatic N) is 1. The number of anilines is 1. The monoisotopic (exact) mass is 194 g/mol. The Morgan fingerprint density at radius 3 is 3.07 bits per heavy atom. The van der Waals surface area contributed by atoms with Crippen LogP contribution in [0.2, 0.25) is 0 Å². The van der Waals surface area contributed by atoms with Gasteiger partial charge in [-0.25, -0.2) is 10.8 Å². The topological polar surface area (TPSA) is 80.0 Å². The number of hydrazine groups is 1. The summed E-state index contributed by atoms with van der Waals surface area (Å²) in [4.78, 5) is 15.4. The van der Waals surface area contributed by atoms with Crippen molar-refractivity contribution in [2.75, 3.05) is 12.0 Å². The summed E-state index contributed by atoms with van der Waals surface area (Å²) in [6, 6.07) is 3.25. The second kappa shape index (κ2) is 5.18. The number of hydrogen-bond donors (Lipinski definition) is 3. The Morgan fingerprint density at radius 2 is 2.43 bits per heavy atom. The summed E-state index contributed by atoms with van der Waals surface area (Å²) in [7, 11) is 0. The summed E-state index contributed by atoms with van der Waals surface area (Å²) in [6.45, 7) is 2.67. The number of nitrogens with two attached hydrogens (primary N) is 1. The van der Waals surface area contributed by atoms with E-state index in [1.165, 1.54) is 6.20 Å². The predicted octanol–water partition coefficient (Wildman–Crippen LogP) is 0.507. The van der Waals surface area contributed by atoms with Gasteiger partial charge in [-0.1, -0.05) is 6.92 Å². The number of pyridine rings is 1. The minimum Gasteiger partial charge on any atom is -0.352 e. The third-order valence-electron chi connectivity index (χ3n) is 1.71. The zero-order chi connectivity index (χ0) is 10.4. The maximum absolute atomic E-state index is 11.5. The van der Waals surface area contributed by atoms with Crippen LogP contribution in [0.4, 0.5) is 5.82 Å². The minimum atomic E-state index is -0.106. The first-order valence-electron chi connectivity index (χ1n) is 4.48. The van der Waals surface area contributed by atoms with Gasteiger partial charge in [0, 0.05) is 18.3 Å². The van der Waals surface area contributed by atoms with Gasteiger partial charge in [-0.05, 0) is 18.6 Å². The summed E-state index contributed by atoms with van der Waals surface area (Å²) < 4.78 is 0. The fourth-order valence-electron chi connectivity index (χ4n) is 0.991. The molecule has 1 aromatic rings. The Kier molecular flexibility index (Phi) is 3.87. The van der Waals surface area contributed by atoms with Crippen molar-refractivity contribution in [1.29, 1.82) is 0 Å². The van der Waals surface area contributed by atoms with Gasteiger partial charge in [0.25, 0.3) is 5.91 Å². The highest BCUT2D eigenvalue weighted by molar-refractivity contribution is 5.94. The highest BCUT2D eigenvalue weighted by atomic mass is 16.1. The molecule has 0 aliphatic carbocycles. The Hall–Kier alpha value is -1.62. The molecule has 0 unspecified atom stereocenters. The third kappa shape index (κ3) is 2.70. The highest BCUT2D eigenvalue weighted by Crippen LogP contribution is 2.04. The minimum absolute atomic E-state index is 0.106. The van der Waals surface area contributed by atoms with E-state index in [-0.39, 0.29) is 5.91 Å². The lowest BCUT2D eigenvalue weighted by Gasteiger charge is -2.04. The Morgan fingerprint density at radius 1 is 1.64 bits per heavy atom. The molecule has 0 radical (unpaired) electrons. The first kappa shape index (κ1) is 10.5. The summed E-state index contributed by atoms with van der Waals surface area (Å²) in [5.74, 6) is 5.55. The van der Waals surface area contributed by atoms with Gasteiger partial charge in [-0.3, -0.25) is 4.79 Å². The fourth-order valence-corrected chi connectivity index (χ4v) is 0.991. The Labute approximate surface area is 82.7 Å². The number of nitrogens with one attached hydrogen (secondary N) is 2. The summed E-state index contributed by atoms with van der Waals surface area (Å²) in [5, 5.41) is 2.76. The van der Waals surface area contributed by atoms with Crippen molar-refractivity contribution >= 4 is 11.7 Å². The molecule has 1 amide bonds. The zero-order valence-electron chi connectivity index (χ0n) is 8.08. The lowest BCUT2D eigenvalue weighted by atomic mass is 10.2. The maximum Gasteiger partial charge on any atom is 0.251 e. The first-order chi connectivity index (χ1) is 6.77. The maximum atomic E-state index is 11.5. The van der Waals surface area contributed by atoms with Gasteiger partial charge < -0.3 is 10.7 Å². The lowest BCUT2D eigenvalue weighted by molar-refractivity contribution is 0.0953. The van der Waals surface area contributed by atoms with Crippen LogP contribution in [-0.2, 0) is 0 Å². The van der Waals surface area contributed by atoms with Crippen molar-refractivity contribution in [3.63, 3.8) is 0 Å². The van der Waals surface area contributed by atoms with Crippen molar-refractivity contribution in [1.82, 2.24) is 10.3 Å². The van der Waals surface area contributed by atoms with E-state index in [4.69, 9.17) is 5.84 Å². The van der Waals surface area contributed by atoms with E-state index < -0.39 is 0 Å². The molecular weight excluding hydrogens is 180 g/mol. The molecule has 0 atom stereocenters. The lowest BCUT2D eigenvalue weighted by Crippen LogP contribution is -2.24. The number of aromatic nitrogens is 1. The summed E-state index contributed by atoms with van der Waals surface area (Å²) >= 11 is 0. The number of amides is 1. The standard InChI is InChI=1S/C9H14N4O/c1-2-4-12-9(14)7-3-5-11-8(6-7)13-10/h3,5-6H,2,4,10H2,1H3,(H,11,13)(H,12,14). The second-order valence-corrected chi connectivity index (χ2v) is 2.83. The van der Waals surface area contributed by atoms with Crippen LogP contribution in [0.5, 0.6) is 0 Å². The van der Waals surface area contributed by atoms with Crippen molar-refractivity contribution < 1.29 is 4.79 Å². The molecule has 1 aromatic heterocycles. The number of rotatable bonds is 4. The van der Waals surface area contributed by atoms with E-state index in [1.807, 2.05) is 6.92 Å². The number of carbonyl (C=O) groups is 1. The molecule has 0 spiro atoms. The molecule has 0 saturated carbocycles. The van der Waals surface area contributed by atoms with Crippen LogP contribution >= 0.6 is 0 Å². The van der Waals surface area contributed by atoms with Crippen molar-refractivity contribution in [3.8, 4) is 0 Å². The molecule has 4 N–H and O–H groups in total. The van der Waals surface area contributed by atoms with Crippen LogP contribution in [0.1, 0.15) is 23.7 Å².